The first kappa shape index (κ1) is 20.5. The first-order valence-electron chi connectivity index (χ1n) is 9.98. The zero-order valence-corrected chi connectivity index (χ0v) is 16.0. The Balaban J connectivity index is 1.79. The van der Waals surface area contributed by atoms with Gasteiger partial charge in [0, 0.05) is 18.6 Å². The number of unbranched alkanes of at least 4 members (excludes halogenated alkanes) is 13. The van der Waals surface area contributed by atoms with Crippen LogP contribution in [0, 0.1) is 0 Å². The molecule has 0 aromatic carbocycles. The number of halogens is 1. The van der Waals surface area contributed by atoms with E-state index < -0.39 is 0 Å². The fraction of sp³-hybridized carbons (Fsp3) is 0.762. The lowest BCUT2D eigenvalue weighted by atomic mass is 10.0. The number of aryl methyl sites for hydroxylation is 1. The van der Waals surface area contributed by atoms with Crippen LogP contribution in [0.2, 0.25) is 5.15 Å². The van der Waals surface area contributed by atoms with Crippen molar-refractivity contribution in [2.45, 2.75) is 103 Å². The van der Waals surface area contributed by atoms with Gasteiger partial charge in [0.05, 0.1) is 0 Å². The largest absolute Gasteiger partial charge is 0.274 e. The van der Waals surface area contributed by atoms with E-state index in [4.69, 9.17) is 11.6 Å². The maximum absolute atomic E-state index is 6.15. The quantitative estimate of drug-likeness (QED) is 0.182. The molecule has 0 radical (unpaired) electrons. The van der Waals surface area contributed by atoms with Gasteiger partial charge in [-0.2, -0.15) is 4.57 Å². The molecule has 1 rings (SSSR count). The molecule has 2 heteroatoms. The second-order valence-corrected chi connectivity index (χ2v) is 7.20. The van der Waals surface area contributed by atoms with Gasteiger partial charge in [-0.15, -0.1) is 0 Å². The number of nitrogens with zero attached hydrogens (tertiary/aromatic N) is 1. The van der Waals surface area contributed by atoms with Gasteiger partial charge in [0.1, 0.15) is 6.54 Å². The van der Waals surface area contributed by atoms with Gasteiger partial charge in [0.25, 0.3) is 5.15 Å². The molecule has 0 aliphatic carbocycles. The lowest BCUT2D eigenvalue weighted by Gasteiger charge is -2.03. The van der Waals surface area contributed by atoms with Crippen molar-refractivity contribution < 1.29 is 4.57 Å². The summed E-state index contributed by atoms with van der Waals surface area (Å²) in [6, 6.07) is 6.01. The molecule has 0 spiro atoms. The van der Waals surface area contributed by atoms with E-state index in [1.54, 1.807) is 0 Å². The lowest BCUT2D eigenvalue weighted by Crippen LogP contribution is -2.34. The summed E-state index contributed by atoms with van der Waals surface area (Å²) in [4.78, 5) is 0. The fourth-order valence-electron chi connectivity index (χ4n) is 3.11. The van der Waals surface area contributed by atoms with Crippen LogP contribution in [0.3, 0.4) is 0 Å². The highest BCUT2D eigenvalue weighted by atomic mass is 35.5. The van der Waals surface area contributed by atoms with Crippen LogP contribution in [-0.4, -0.2) is 0 Å². The number of hydrogen-bond donors (Lipinski definition) is 0. The molecule has 1 aromatic heterocycles. The van der Waals surface area contributed by atoms with Crippen molar-refractivity contribution in [2.75, 3.05) is 0 Å². The van der Waals surface area contributed by atoms with E-state index in [2.05, 4.69) is 23.8 Å². The predicted octanol–water partition coefficient (Wildman–Crippen LogP) is 7.11. The van der Waals surface area contributed by atoms with Crippen LogP contribution in [-0.2, 0) is 6.54 Å². The van der Waals surface area contributed by atoms with Crippen LogP contribution in [0.1, 0.15) is 96.8 Å². The van der Waals surface area contributed by atoms with Crippen molar-refractivity contribution in [2.24, 2.45) is 0 Å². The van der Waals surface area contributed by atoms with Crippen LogP contribution >= 0.6 is 11.6 Å². The molecule has 1 nitrogen and oxygen atoms in total. The highest BCUT2D eigenvalue weighted by molar-refractivity contribution is 6.28. The van der Waals surface area contributed by atoms with Gasteiger partial charge in [0.15, 0.2) is 6.20 Å². The summed E-state index contributed by atoms with van der Waals surface area (Å²) in [5.41, 5.74) is 0. The lowest BCUT2D eigenvalue weighted by molar-refractivity contribution is -0.695. The van der Waals surface area contributed by atoms with E-state index in [0.29, 0.717) is 0 Å². The Morgan fingerprint density at radius 2 is 1.17 bits per heavy atom. The van der Waals surface area contributed by atoms with Gasteiger partial charge in [0.2, 0.25) is 0 Å². The maximum atomic E-state index is 6.15. The zero-order chi connectivity index (χ0) is 16.6. The summed E-state index contributed by atoms with van der Waals surface area (Å²) in [6.45, 7) is 3.34. The Morgan fingerprint density at radius 1 is 0.696 bits per heavy atom. The van der Waals surface area contributed by atoms with Crippen LogP contribution in [0.25, 0.3) is 0 Å². The number of aromatic nitrogens is 1. The Bertz CT molecular complexity index is 378. The minimum absolute atomic E-state index is 0.849. The SMILES string of the molecule is CCCCCCCCCCCCCCCC[n+]1ccccc1Cl. The maximum Gasteiger partial charge on any atom is 0.274 e. The van der Waals surface area contributed by atoms with Crippen molar-refractivity contribution in [1.29, 1.82) is 0 Å². The average molecular weight is 339 g/mol. The fourth-order valence-corrected chi connectivity index (χ4v) is 3.33. The summed E-state index contributed by atoms with van der Waals surface area (Å²) in [6.07, 6.45) is 21.8. The van der Waals surface area contributed by atoms with E-state index in [1.165, 1.54) is 89.9 Å². The van der Waals surface area contributed by atoms with E-state index in [1.807, 2.05) is 12.1 Å². The molecule has 0 saturated heterocycles. The van der Waals surface area contributed by atoms with Gasteiger partial charge in [-0.25, -0.2) is 0 Å². The van der Waals surface area contributed by atoms with Gasteiger partial charge < -0.3 is 0 Å². The van der Waals surface area contributed by atoms with Gasteiger partial charge in [-0.05, 0) is 24.1 Å². The molecular weight excluding hydrogens is 302 g/mol. The van der Waals surface area contributed by atoms with Gasteiger partial charge in [-0.3, -0.25) is 0 Å². The molecule has 0 N–H and O–H groups in total. The van der Waals surface area contributed by atoms with Crippen molar-refractivity contribution in [1.82, 2.24) is 0 Å². The van der Waals surface area contributed by atoms with E-state index in [-0.39, 0.29) is 0 Å². The van der Waals surface area contributed by atoms with Crippen molar-refractivity contribution in [3.8, 4) is 0 Å². The van der Waals surface area contributed by atoms with Crippen LogP contribution in [0.15, 0.2) is 24.4 Å². The second kappa shape index (κ2) is 15.0. The molecule has 0 atom stereocenters. The third-order valence-corrected chi connectivity index (χ3v) is 4.98. The normalized spacial score (nSPS) is 11.0. The highest BCUT2D eigenvalue weighted by Gasteiger charge is 2.04. The minimum atomic E-state index is 0.849. The molecule has 0 saturated carbocycles. The summed E-state index contributed by atoms with van der Waals surface area (Å²) in [5, 5.41) is 0.849. The van der Waals surface area contributed by atoms with Gasteiger partial charge in [-0.1, -0.05) is 84.0 Å². The van der Waals surface area contributed by atoms with Crippen LogP contribution < -0.4 is 4.57 Å². The third-order valence-electron chi connectivity index (χ3n) is 4.64. The Kier molecular flexibility index (Phi) is 13.4. The second-order valence-electron chi connectivity index (χ2n) is 6.81. The first-order chi connectivity index (χ1) is 11.3. The summed E-state index contributed by atoms with van der Waals surface area (Å²) in [7, 11) is 0. The van der Waals surface area contributed by atoms with E-state index >= 15 is 0 Å². The molecule has 1 heterocycles. The smallest absolute Gasteiger partial charge is 0.189 e. The molecule has 132 valence electrons. The molecule has 1 aromatic rings. The summed E-state index contributed by atoms with van der Waals surface area (Å²) in [5.74, 6) is 0. The summed E-state index contributed by atoms with van der Waals surface area (Å²) >= 11 is 6.15. The van der Waals surface area contributed by atoms with Crippen molar-refractivity contribution >= 4 is 11.6 Å². The number of hydrogen-bond acceptors (Lipinski definition) is 0. The average Bonchev–Trinajstić information content (AvgIpc) is 2.57. The van der Waals surface area contributed by atoms with E-state index in [9.17, 15) is 0 Å². The highest BCUT2D eigenvalue weighted by Crippen LogP contribution is 2.13. The molecular formula is C21H37ClN+. The number of pyridine rings is 1. The monoisotopic (exact) mass is 338 g/mol. The predicted molar refractivity (Wildman–Crippen MR) is 102 cm³/mol. The Morgan fingerprint density at radius 3 is 1.65 bits per heavy atom. The van der Waals surface area contributed by atoms with Crippen LogP contribution in [0.4, 0.5) is 0 Å². The van der Waals surface area contributed by atoms with Gasteiger partial charge >= 0.3 is 0 Å². The topological polar surface area (TPSA) is 3.88 Å². The Hall–Kier alpha value is -0.560. The molecule has 0 fully saturated rings. The van der Waals surface area contributed by atoms with Crippen molar-refractivity contribution in [3.05, 3.63) is 29.5 Å². The zero-order valence-electron chi connectivity index (χ0n) is 15.2. The molecule has 23 heavy (non-hydrogen) atoms. The van der Waals surface area contributed by atoms with Crippen molar-refractivity contribution in [3.63, 3.8) is 0 Å². The standard InChI is InChI=1S/C21H37ClN/c1-2-3-4-5-6-7-8-9-10-11-12-13-14-16-19-23-20-17-15-18-21(23)22/h15,17-18,20H,2-14,16,19H2,1H3/q+1. The van der Waals surface area contributed by atoms with Crippen LogP contribution in [0.5, 0.6) is 0 Å². The minimum Gasteiger partial charge on any atom is -0.189 e. The number of rotatable bonds is 15. The Labute approximate surface area is 149 Å². The molecule has 0 unspecified atom stereocenters. The third kappa shape index (κ3) is 11.6. The molecule has 0 aliphatic heterocycles. The summed E-state index contributed by atoms with van der Waals surface area (Å²) < 4.78 is 2.14. The molecule has 0 amide bonds. The van der Waals surface area contributed by atoms with E-state index in [0.717, 1.165) is 11.7 Å². The molecule has 0 aliphatic rings. The molecule has 0 bridgehead atoms. The first-order valence-corrected chi connectivity index (χ1v) is 10.4.